The van der Waals surface area contributed by atoms with Crippen LogP contribution in [0.25, 0.3) is 0 Å². The van der Waals surface area contributed by atoms with Gasteiger partial charge in [0.25, 0.3) is 0 Å². The van der Waals surface area contributed by atoms with Crippen LogP contribution in [0.1, 0.15) is 15.9 Å². The number of ether oxygens (including phenoxy) is 1. The van der Waals surface area contributed by atoms with E-state index in [1.807, 2.05) is 31.2 Å². The number of hydrogen-bond acceptors (Lipinski definition) is 5. The highest BCUT2D eigenvalue weighted by Crippen LogP contribution is 2.22. The van der Waals surface area contributed by atoms with Crippen molar-refractivity contribution in [3.8, 4) is 0 Å². The highest BCUT2D eigenvalue weighted by atomic mass is 32.2. The summed E-state index contributed by atoms with van der Waals surface area (Å²) >= 11 is 0. The van der Waals surface area contributed by atoms with Crippen molar-refractivity contribution < 1.29 is 17.9 Å². The summed E-state index contributed by atoms with van der Waals surface area (Å²) in [6.45, 7) is 1.98. The van der Waals surface area contributed by atoms with Crippen LogP contribution in [0, 0.1) is 6.92 Å². The van der Waals surface area contributed by atoms with E-state index in [0.717, 1.165) is 11.3 Å². The summed E-state index contributed by atoms with van der Waals surface area (Å²) < 4.78 is 29.4. The van der Waals surface area contributed by atoms with Gasteiger partial charge in [-0.2, -0.15) is 0 Å². The van der Waals surface area contributed by atoms with Gasteiger partial charge in [-0.15, -0.1) is 0 Å². The van der Waals surface area contributed by atoms with E-state index < -0.39 is 28.0 Å². The number of carbonyl (C=O) groups is 1. The number of rotatable bonds is 4. The maximum Gasteiger partial charge on any atom is 0.338 e. The first kappa shape index (κ1) is 16.5. The van der Waals surface area contributed by atoms with E-state index in [9.17, 15) is 13.2 Å². The molecule has 0 spiro atoms. The summed E-state index contributed by atoms with van der Waals surface area (Å²) in [6.07, 6.45) is -0.705. The third-order valence-electron chi connectivity index (χ3n) is 3.97. The Labute approximate surface area is 141 Å². The highest BCUT2D eigenvalue weighted by molar-refractivity contribution is 7.91. The number of sulfone groups is 1. The van der Waals surface area contributed by atoms with Crippen LogP contribution in [-0.4, -0.2) is 38.0 Å². The molecule has 6 heteroatoms. The Morgan fingerprint density at radius 3 is 2.38 bits per heavy atom. The first-order valence-electron chi connectivity index (χ1n) is 7.73. The molecule has 5 nitrogen and oxygen atoms in total. The summed E-state index contributed by atoms with van der Waals surface area (Å²) in [4.78, 5) is 12.2. The van der Waals surface area contributed by atoms with Crippen molar-refractivity contribution in [3.63, 3.8) is 0 Å². The molecule has 0 aliphatic carbocycles. The van der Waals surface area contributed by atoms with Gasteiger partial charge in [0.2, 0.25) is 0 Å². The molecule has 126 valence electrons. The monoisotopic (exact) mass is 345 g/mol. The van der Waals surface area contributed by atoms with Crippen LogP contribution in [0.3, 0.4) is 0 Å². The minimum atomic E-state index is -3.24. The van der Waals surface area contributed by atoms with Crippen molar-refractivity contribution in [2.75, 3.05) is 16.8 Å². The summed E-state index contributed by atoms with van der Waals surface area (Å²) in [5.41, 5.74) is 2.34. The molecule has 1 fully saturated rings. The van der Waals surface area contributed by atoms with Crippen LogP contribution in [0.15, 0.2) is 54.6 Å². The molecule has 1 aliphatic rings. The lowest BCUT2D eigenvalue weighted by molar-refractivity contribution is 0.0337. The van der Waals surface area contributed by atoms with Crippen molar-refractivity contribution in [2.45, 2.75) is 19.1 Å². The zero-order chi connectivity index (χ0) is 17.2. The fraction of sp³-hybridized carbons (Fsp3) is 0.278. The molecule has 0 aromatic heterocycles. The van der Waals surface area contributed by atoms with E-state index in [2.05, 4.69) is 5.32 Å². The predicted octanol–water partition coefficient (Wildman–Crippen LogP) is 2.43. The molecule has 3 rings (SSSR count). The smallest absolute Gasteiger partial charge is 0.338 e. The first-order valence-corrected chi connectivity index (χ1v) is 9.55. The van der Waals surface area contributed by atoms with Crippen molar-refractivity contribution in [2.24, 2.45) is 0 Å². The first-order chi connectivity index (χ1) is 11.4. The molecule has 0 bridgehead atoms. The Balaban J connectivity index is 1.74. The summed E-state index contributed by atoms with van der Waals surface area (Å²) in [5.74, 6) is -0.712. The van der Waals surface area contributed by atoms with Crippen molar-refractivity contribution >= 4 is 21.5 Å². The van der Waals surface area contributed by atoms with Crippen LogP contribution in [0.4, 0.5) is 5.69 Å². The molecule has 0 amide bonds. The van der Waals surface area contributed by atoms with Gasteiger partial charge in [-0.05, 0) is 31.2 Å². The second-order valence-corrected chi connectivity index (χ2v) is 8.16. The maximum absolute atomic E-state index is 12.2. The van der Waals surface area contributed by atoms with Crippen LogP contribution >= 0.6 is 0 Å². The van der Waals surface area contributed by atoms with Gasteiger partial charge < -0.3 is 10.1 Å². The van der Waals surface area contributed by atoms with Gasteiger partial charge in [-0.3, -0.25) is 0 Å². The van der Waals surface area contributed by atoms with Crippen LogP contribution in [0.2, 0.25) is 0 Å². The van der Waals surface area contributed by atoms with E-state index >= 15 is 0 Å². The predicted molar refractivity (Wildman–Crippen MR) is 92.9 cm³/mol. The van der Waals surface area contributed by atoms with Gasteiger partial charge in [0, 0.05) is 5.69 Å². The Morgan fingerprint density at radius 1 is 1.04 bits per heavy atom. The summed E-state index contributed by atoms with van der Waals surface area (Å²) in [5, 5.41) is 3.17. The Kier molecular flexibility index (Phi) is 4.57. The number of hydrogen-bond donors (Lipinski definition) is 1. The molecular weight excluding hydrogens is 326 g/mol. The molecule has 1 saturated heterocycles. The SMILES string of the molecule is Cc1ccc(N[C@H]2CS(=O)(=O)C[C@H]2OC(=O)c2ccccc2)cc1. The van der Waals surface area contributed by atoms with Crippen LogP contribution < -0.4 is 5.32 Å². The van der Waals surface area contributed by atoms with Gasteiger partial charge in [0.15, 0.2) is 9.84 Å². The number of carbonyl (C=O) groups excluding carboxylic acids is 1. The molecular formula is C18H19NO4S. The molecule has 2 aromatic rings. The van der Waals surface area contributed by atoms with E-state index in [1.54, 1.807) is 30.3 Å². The van der Waals surface area contributed by atoms with Gasteiger partial charge in [0.1, 0.15) is 6.10 Å². The quantitative estimate of drug-likeness (QED) is 0.862. The lowest BCUT2D eigenvalue weighted by Crippen LogP contribution is -2.35. The third-order valence-corrected chi connectivity index (χ3v) is 5.68. The molecule has 0 saturated carbocycles. The largest absolute Gasteiger partial charge is 0.455 e. The van der Waals surface area contributed by atoms with E-state index in [1.165, 1.54) is 0 Å². The second kappa shape index (κ2) is 6.65. The third kappa shape index (κ3) is 3.94. The van der Waals surface area contributed by atoms with E-state index in [0.29, 0.717) is 5.56 Å². The van der Waals surface area contributed by atoms with Gasteiger partial charge >= 0.3 is 5.97 Å². The number of aryl methyl sites for hydroxylation is 1. The Bertz CT molecular complexity index is 816. The van der Waals surface area contributed by atoms with Gasteiger partial charge in [-0.25, -0.2) is 13.2 Å². The van der Waals surface area contributed by atoms with Gasteiger partial charge in [-0.1, -0.05) is 35.9 Å². The minimum Gasteiger partial charge on any atom is -0.455 e. The van der Waals surface area contributed by atoms with Crippen molar-refractivity contribution in [1.29, 1.82) is 0 Å². The Morgan fingerprint density at radius 2 is 1.71 bits per heavy atom. The lowest BCUT2D eigenvalue weighted by Gasteiger charge is -2.21. The molecule has 0 radical (unpaired) electrons. The fourth-order valence-electron chi connectivity index (χ4n) is 2.71. The van der Waals surface area contributed by atoms with Crippen molar-refractivity contribution in [3.05, 3.63) is 65.7 Å². The highest BCUT2D eigenvalue weighted by Gasteiger charge is 2.40. The number of nitrogens with one attached hydrogen (secondary N) is 1. The molecule has 24 heavy (non-hydrogen) atoms. The number of esters is 1. The Hall–Kier alpha value is -2.34. The number of anilines is 1. The van der Waals surface area contributed by atoms with Crippen LogP contribution in [-0.2, 0) is 14.6 Å². The maximum atomic E-state index is 12.2. The van der Waals surface area contributed by atoms with E-state index in [-0.39, 0.29) is 11.5 Å². The molecule has 2 aromatic carbocycles. The number of benzene rings is 2. The molecule has 2 atom stereocenters. The lowest BCUT2D eigenvalue weighted by atomic mass is 10.1. The standard InChI is InChI=1S/C18H19NO4S/c1-13-7-9-15(10-8-13)19-16-11-24(21,22)12-17(16)23-18(20)14-5-3-2-4-6-14/h2-10,16-17,19H,11-12H2,1H3/t16-,17+/m0/s1. The average Bonchev–Trinajstić information content (AvgIpc) is 2.84. The van der Waals surface area contributed by atoms with Gasteiger partial charge in [0.05, 0.1) is 23.1 Å². The van der Waals surface area contributed by atoms with E-state index in [4.69, 9.17) is 4.74 Å². The van der Waals surface area contributed by atoms with Crippen molar-refractivity contribution in [1.82, 2.24) is 0 Å². The molecule has 1 heterocycles. The zero-order valence-corrected chi connectivity index (χ0v) is 14.1. The molecule has 0 unspecified atom stereocenters. The normalized spacial score (nSPS) is 22.0. The topological polar surface area (TPSA) is 72.5 Å². The summed E-state index contributed by atoms with van der Waals surface area (Å²) in [7, 11) is -3.24. The summed E-state index contributed by atoms with van der Waals surface area (Å²) in [6, 6.07) is 15.8. The average molecular weight is 345 g/mol. The van der Waals surface area contributed by atoms with Crippen LogP contribution in [0.5, 0.6) is 0 Å². The second-order valence-electron chi connectivity index (χ2n) is 6.00. The zero-order valence-electron chi connectivity index (χ0n) is 13.3. The molecule has 1 N–H and O–H groups in total. The molecule has 1 aliphatic heterocycles. The minimum absolute atomic E-state index is 0.0480. The fourth-order valence-corrected chi connectivity index (χ4v) is 4.49.